The fourth-order valence-electron chi connectivity index (χ4n) is 2.09. The molecule has 1 aromatic carbocycles. The van der Waals surface area contributed by atoms with E-state index < -0.39 is 0 Å². The first-order valence-corrected chi connectivity index (χ1v) is 7.22. The Kier molecular flexibility index (Phi) is 6.83. The molecule has 20 heavy (non-hydrogen) atoms. The van der Waals surface area contributed by atoms with Gasteiger partial charge >= 0.3 is 0 Å². The molecular formula is C17H24N2O. The van der Waals surface area contributed by atoms with Gasteiger partial charge in [-0.15, -0.1) is 0 Å². The van der Waals surface area contributed by atoms with Crippen molar-refractivity contribution in [1.29, 1.82) is 0 Å². The van der Waals surface area contributed by atoms with E-state index in [-0.39, 0.29) is 11.9 Å². The first-order chi connectivity index (χ1) is 9.62. The number of hydrogen-bond acceptors (Lipinski definition) is 2. The SMILES string of the molecule is CCCC(CC)NC(=O)c1cc(C#CCN)ccc1C. The van der Waals surface area contributed by atoms with E-state index >= 15 is 0 Å². The Morgan fingerprint density at radius 2 is 2.15 bits per heavy atom. The van der Waals surface area contributed by atoms with Crippen LogP contribution in [0.25, 0.3) is 0 Å². The quantitative estimate of drug-likeness (QED) is 0.810. The van der Waals surface area contributed by atoms with Crippen molar-refractivity contribution in [3.05, 3.63) is 34.9 Å². The minimum atomic E-state index is -0.0146. The van der Waals surface area contributed by atoms with Gasteiger partial charge in [0.2, 0.25) is 0 Å². The summed E-state index contributed by atoms with van der Waals surface area (Å²) in [5, 5.41) is 3.10. The zero-order valence-electron chi connectivity index (χ0n) is 12.6. The molecule has 0 saturated heterocycles. The molecule has 0 fully saturated rings. The van der Waals surface area contributed by atoms with Crippen molar-refractivity contribution in [3.8, 4) is 11.8 Å². The maximum absolute atomic E-state index is 12.4. The second-order valence-corrected chi connectivity index (χ2v) is 4.90. The number of nitrogens with one attached hydrogen (secondary N) is 1. The van der Waals surface area contributed by atoms with Gasteiger partial charge in [0.15, 0.2) is 0 Å². The molecule has 0 bridgehead atoms. The maximum atomic E-state index is 12.4. The van der Waals surface area contributed by atoms with Gasteiger partial charge < -0.3 is 11.1 Å². The average Bonchev–Trinajstić information content (AvgIpc) is 2.45. The molecule has 0 aromatic heterocycles. The highest BCUT2D eigenvalue weighted by Crippen LogP contribution is 2.12. The predicted molar refractivity (Wildman–Crippen MR) is 83.6 cm³/mol. The van der Waals surface area contributed by atoms with E-state index in [9.17, 15) is 4.79 Å². The molecule has 1 amide bonds. The summed E-state index contributed by atoms with van der Waals surface area (Å²) in [5.41, 5.74) is 7.86. The second kappa shape index (κ2) is 8.39. The molecule has 3 nitrogen and oxygen atoms in total. The van der Waals surface area contributed by atoms with E-state index in [2.05, 4.69) is 31.0 Å². The van der Waals surface area contributed by atoms with Crippen LogP contribution >= 0.6 is 0 Å². The Morgan fingerprint density at radius 1 is 1.40 bits per heavy atom. The lowest BCUT2D eigenvalue weighted by molar-refractivity contribution is 0.0933. The predicted octanol–water partition coefficient (Wildman–Crippen LogP) is 2.61. The lowest BCUT2D eigenvalue weighted by Gasteiger charge is -2.17. The van der Waals surface area contributed by atoms with Gasteiger partial charge in [-0.05, 0) is 37.5 Å². The number of carbonyl (C=O) groups excluding carboxylic acids is 1. The molecular weight excluding hydrogens is 248 g/mol. The number of aryl methyl sites for hydroxylation is 1. The number of carbonyl (C=O) groups is 1. The van der Waals surface area contributed by atoms with Gasteiger partial charge in [-0.1, -0.05) is 38.2 Å². The van der Waals surface area contributed by atoms with Crippen LogP contribution in [0.3, 0.4) is 0 Å². The van der Waals surface area contributed by atoms with Crippen LogP contribution in [0, 0.1) is 18.8 Å². The number of amides is 1. The molecule has 3 heteroatoms. The normalized spacial score (nSPS) is 11.4. The van der Waals surface area contributed by atoms with Gasteiger partial charge in [-0.2, -0.15) is 0 Å². The minimum absolute atomic E-state index is 0.0146. The third-order valence-corrected chi connectivity index (χ3v) is 3.28. The van der Waals surface area contributed by atoms with E-state index in [1.54, 1.807) is 0 Å². The Morgan fingerprint density at radius 3 is 2.75 bits per heavy atom. The van der Waals surface area contributed by atoms with Crippen molar-refractivity contribution in [1.82, 2.24) is 5.32 Å². The molecule has 0 aliphatic heterocycles. The zero-order chi connectivity index (χ0) is 15.0. The Labute approximate surface area is 121 Å². The first kappa shape index (κ1) is 16.3. The molecule has 1 unspecified atom stereocenters. The summed E-state index contributed by atoms with van der Waals surface area (Å²) in [6.45, 7) is 6.49. The highest BCUT2D eigenvalue weighted by Gasteiger charge is 2.13. The molecule has 0 saturated carbocycles. The monoisotopic (exact) mass is 272 g/mol. The lowest BCUT2D eigenvalue weighted by atomic mass is 10.0. The Bertz CT molecular complexity index is 511. The number of nitrogens with two attached hydrogens (primary N) is 1. The van der Waals surface area contributed by atoms with E-state index in [0.29, 0.717) is 12.1 Å². The molecule has 0 heterocycles. The number of rotatable bonds is 5. The van der Waals surface area contributed by atoms with Crippen molar-refractivity contribution < 1.29 is 4.79 Å². The zero-order valence-corrected chi connectivity index (χ0v) is 12.6. The minimum Gasteiger partial charge on any atom is -0.349 e. The summed E-state index contributed by atoms with van der Waals surface area (Å²) in [7, 11) is 0. The fourth-order valence-corrected chi connectivity index (χ4v) is 2.09. The van der Waals surface area contributed by atoms with E-state index in [0.717, 1.165) is 30.4 Å². The molecule has 0 radical (unpaired) electrons. The summed E-state index contributed by atoms with van der Waals surface area (Å²) in [6, 6.07) is 5.92. The second-order valence-electron chi connectivity index (χ2n) is 4.90. The molecule has 1 rings (SSSR count). The fraction of sp³-hybridized carbons (Fsp3) is 0.471. The van der Waals surface area contributed by atoms with Crippen LogP contribution in [0.1, 0.15) is 54.6 Å². The van der Waals surface area contributed by atoms with Crippen LogP contribution in [0.2, 0.25) is 0 Å². The van der Waals surface area contributed by atoms with Crippen molar-refractivity contribution in [2.75, 3.05) is 6.54 Å². The van der Waals surface area contributed by atoms with E-state index in [1.165, 1.54) is 0 Å². The Balaban J connectivity index is 2.91. The summed E-state index contributed by atoms with van der Waals surface area (Å²) in [5.74, 6) is 5.76. The van der Waals surface area contributed by atoms with E-state index in [4.69, 9.17) is 5.73 Å². The van der Waals surface area contributed by atoms with Gasteiger partial charge in [0.25, 0.3) is 5.91 Å². The van der Waals surface area contributed by atoms with Crippen molar-refractivity contribution in [3.63, 3.8) is 0 Å². The summed E-state index contributed by atoms with van der Waals surface area (Å²) >= 11 is 0. The molecule has 0 spiro atoms. The summed E-state index contributed by atoms with van der Waals surface area (Å²) in [4.78, 5) is 12.4. The highest BCUT2D eigenvalue weighted by molar-refractivity contribution is 5.96. The third kappa shape index (κ3) is 4.71. The van der Waals surface area contributed by atoms with Crippen molar-refractivity contribution >= 4 is 5.91 Å². The molecule has 1 atom stereocenters. The first-order valence-electron chi connectivity index (χ1n) is 7.22. The summed E-state index contributed by atoms with van der Waals surface area (Å²) < 4.78 is 0. The molecule has 3 N–H and O–H groups in total. The smallest absolute Gasteiger partial charge is 0.251 e. The maximum Gasteiger partial charge on any atom is 0.251 e. The highest BCUT2D eigenvalue weighted by atomic mass is 16.1. The molecule has 108 valence electrons. The number of benzene rings is 1. The molecule has 0 aliphatic carbocycles. The summed E-state index contributed by atoms with van der Waals surface area (Å²) in [6.07, 6.45) is 3.03. The van der Waals surface area contributed by atoms with Gasteiger partial charge in [-0.3, -0.25) is 4.79 Å². The lowest BCUT2D eigenvalue weighted by Crippen LogP contribution is -2.34. The van der Waals surface area contributed by atoms with Gasteiger partial charge in [-0.25, -0.2) is 0 Å². The van der Waals surface area contributed by atoms with Crippen molar-refractivity contribution in [2.24, 2.45) is 5.73 Å². The molecule has 1 aromatic rings. The van der Waals surface area contributed by atoms with Gasteiger partial charge in [0, 0.05) is 17.2 Å². The topological polar surface area (TPSA) is 55.1 Å². The van der Waals surface area contributed by atoms with Crippen LogP contribution in [0.15, 0.2) is 18.2 Å². The van der Waals surface area contributed by atoms with Crippen LogP contribution in [0.5, 0.6) is 0 Å². The van der Waals surface area contributed by atoms with E-state index in [1.807, 2.05) is 25.1 Å². The van der Waals surface area contributed by atoms with Crippen molar-refractivity contribution in [2.45, 2.75) is 46.1 Å². The largest absolute Gasteiger partial charge is 0.349 e. The molecule has 0 aliphatic rings. The van der Waals surface area contributed by atoms with Crippen LogP contribution in [-0.2, 0) is 0 Å². The van der Waals surface area contributed by atoms with Gasteiger partial charge in [0.1, 0.15) is 0 Å². The Hall–Kier alpha value is -1.79. The van der Waals surface area contributed by atoms with Crippen LogP contribution in [0.4, 0.5) is 0 Å². The number of hydrogen-bond donors (Lipinski definition) is 2. The van der Waals surface area contributed by atoms with Crippen LogP contribution in [-0.4, -0.2) is 18.5 Å². The average molecular weight is 272 g/mol. The van der Waals surface area contributed by atoms with Crippen LogP contribution < -0.4 is 11.1 Å². The third-order valence-electron chi connectivity index (χ3n) is 3.28. The van der Waals surface area contributed by atoms with Gasteiger partial charge in [0.05, 0.1) is 6.54 Å². The standard InChI is InChI=1S/C17H24N2O/c1-4-7-15(5-2)19-17(20)16-12-14(8-6-11-18)10-9-13(16)3/h9-10,12,15H,4-5,7,11,18H2,1-3H3,(H,19,20).